The Balaban J connectivity index is 1.25. The number of anilines is 3. The highest BCUT2D eigenvalue weighted by Crippen LogP contribution is 2.42. The molecule has 48 heavy (non-hydrogen) atoms. The van der Waals surface area contributed by atoms with Crippen molar-refractivity contribution in [3.8, 4) is 16.8 Å². The van der Waals surface area contributed by atoms with Gasteiger partial charge in [-0.05, 0) is 104 Å². The highest BCUT2D eigenvalue weighted by atomic mass is 16.3. The molecule has 3 nitrogen and oxygen atoms in total. The predicted molar refractivity (Wildman–Crippen MR) is 202 cm³/mol. The molecule has 0 N–H and O–H groups in total. The molecule has 9 aromatic rings. The van der Waals surface area contributed by atoms with Gasteiger partial charge in [0.2, 0.25) is 0 Å². The Bertz CT molecular complexity index is 2600. The minimum atomic E-state index is 0.892. The summed E-state index contributed by atoms with van der Waals surface area (Å²) in [7, 11) is 0. The predicted octanol–water partition coefficient (Wildman–Crippen LogP) is 12.7. The Kier molecular flexibility index (Phi) is 6.48. The fraction of sp³-hybridized carbons (Fsp3) is 0.0667. The third-order valence-electron chi connectivity index (χ3n) is 9.55. The summed E-state index contributed by atoms with van der Waals surface area (Å²) in [5.41, 5.74) is 14.7. The van der Waals surface area contributed by atoms with E-state index in [1.165, 1.54) is 49.7 Å². The van der Waals surface area contributed by atoms with Gasteiger partial charge >= 0.3 is 0 Å². The van der Waals surface area contributed by atoms with Crippen LogP contribution >= 0.6 is 0 Å². The van der Waals surface area contributed by atoms with Gasteiger partial charge in [0.1, 0.15) is 11.2 Å². The van der Waals surface area contributed by atoms with Gasteiger partial charge in [0.05, 0.1) is 16.7 Å². The van der Waals surface area contributed by atoms with Crippen LogP contribution in [-0.4, -0.2) is 4.57 Å². The molecule has 0 amide bonds. The van der Waals surface area contributed by atoms with Crippen LogP contribution in [0.1, 0.15) is 16.7 Å². The van der Waals surface area contributed by atoms with Crippen LogP contribution in [0.15, 0.2) is 156 Å². The van der Waals surface area contributed by atoms with E-state index >= 15 is 0 Å². The summed E-state index contributed by atoms with van der Waals surface area (Å²) in [4.78, 5) is 2.35. The van der Waals surface area contributed by atoms with Gasteiger partial charge in [0, 0.05) is 44.2 Å². The summed E-state index contributed by atoms with van der Waals surface area (Å²) in [5, 5.41) is 4.77. The number of rotatable bonds is 5. The molecule has 9 rings (SSSR count). The van der Waals surface area contributed by atoms with Gasteiger partial charge in [-0.15, -0.1) is 0 Å². The van der Waals surface area contributed by atoms with Crippen molar-refractivity contribution in [2.45, 2.75) is 20.8 Å². The Labute approximate surface area is 279 Å². The Hall–Kier alpha value is -6.06. The lowest BCUT2D eigenvalue weighted by Gasteiger charge is -2.26. The molecule has 0 bridgehead atoms. The van der Waals surface area contributed by atoms with Gasteiger partial charge < -0.3 is 13.9 Å². The summed E-state index contributed by atoms with van der Waals surface area (Å²) in [6, 6.07) is 54.8. The van der Waals surface area contributed by atoms with E-state index in [0.717, 1.165) is 44.6 Å². The lowest BCUT2D eigenvalue weighted by Crippen LogP contribution is -2.10. The Morgan fingerprint density at radius 3 is 1.83 bits per heavy atom. The van der Waals surface area contributed by atoms with E-state index in [1.807, 2.05) is 12.1 Å². The second-order valence-electron chi connectivity index (χ2n) is 12.9. The minimum absolute atomic E-state index is 0.892. The highest BCUT2D eigenvalue weighted by molar-refractivity contribution is 6.10. The average molecular weight is 619 g/mol. The van der Waals surface area contributed by atoms with Crippen molar-refractivity contribution < 1.29 is 4.42 Å². The molecule has 0 atom stereocenters. The van der Waals surface area contributed by atoms with Crippen molar-refractivity contribution in [3.05, 3.63) is 168 Å². The van der Waals surface area contributed by atoms with Crippen LogP contribution in [0, 0.1) is 20.8 Å². The summed E-state index contributed by atoms with van der Waals surface area (Å²) in [5.74, 6) is 0. The fourth-order valence-corrected chi connectivity index (χ4v) is 7.22. The molecule has 3 heteroatoms. The van der Waals surface area contributed by atoms with E-state index in [2.05, 4.69) is 170 Å². The topological polar surface area (TPSA) is 21.3 Å². The number of aryl methyl sites for hydroxylation is 3. The maximum absolute atomic E-state index is 6.19. The van der Waals surface area contributed by atoms with Crippen molar-refractivity contribution in [1.82, 2.24) is 4.57 Å². The maximum Gasteiger partial charge on any atom is 0.135 e. The number of aromatic nitrogens is 1. The molecule has 0 saturated carbocycles. The van der Waals surface area contributed by atoms with E-state index in [0.29, 0.717) is 0 Å². The molecular weight excluding hydrogens is 585 g/mol. The largest absolute Gasteiger partial charge is 0.456 e. The van der Waals surface area contributed by atoms with E-state index in [1.54, 1.807) is 0 Å². The molecule has 0 saturated heterocycles. The quantitative estimate of drug-likeness (QED) is 0.191. The number of para-hydroxylation sites is 2. The van der Waals surface area contributed by atoms with Crippen molar-refractivity contribution in [3.63, 3.8) is 0 Å². The van der Waals surface area contributed by atoms with Crippen molar-refractivity contribution in [1.29, 1.82) is 0 Å². The average Bonchev–Trinajstić information content (AvgIpc) is 3.63. The minimum Gasteiger partial charge on any atom is -0.456 e. The third kappa shape index (κ3) is 4.58. The number of fused-ring (bicyclic) bond motifs is 6. The normalized spacial score (nSPS) is 11.6. The van der Waals surface area contributed by atoms with Crippen LogP contribution in [0.2, 0.25) is 0 Å². The van der Waals surface area contributed by atoms with Crippen LogP contribution < -0.4 is 4.90 Å². The summed E-state index contributed by atoms with van der Waals surface area (Å²) in [6.07, 6.45) is 0. The van der Waals surface area contributed by atoms with Gasteiger partial charge in [-0.3, -0.25) is 0 Å². The number of hydrogen-bond donors (Lipinski definition) is 0. The van der Waals surface area contributed by atoms with Crippen molar-refractivity contribution in [2.75, 3.05) is 4.90 Å². The monoisotopic (exact) mass is 618 g/mol. The zero-order valence-electron chi connectivity index (χ0n) is 27.2. The lowest BCUT2D eigenvalue weighted by atomic mass is 10.0. The van der Waals surface area contributed by atoms with Gasteiger partial charge in [-0.1, -0.05) is 90.5 Å². The third-order valence-corrected chi connectivity index (χ3v) is 9.55. The molecule has 0 radical (unpaired) electrons. The fourth-order valence-electron chi connectivity index (χ4n) is 7.22. The highest BCUT2D eigenvalue weighted by Gasteiger charge is 2.19. The SMILES string of the molecule is Cc1ccc(N(c2cccc(-c3ccccc3-n3c4cc(C)ccc4c4ccc(C)cc43)c2)c2ccc3oc4ccccc4c3c2)cc1. The van der Waals surface area contributed by atoms with E-state index in [9.17, 15) is 0 Å². The zero-order chi connectivity index (χ0) is 32.4. The van der Waals surface area contributed by atoms with Gasteiger partial charge in [-0.2, -0.15) is 0 Å². The molecule has 0 aliphatic heterocycles. The number of furan rings is 1. The number of benzene rings is 7. The van der Waals surface area contributed by atoms with Gasteiger partial charge in [0.15, 0.2) is 0 Å². The van der Waals surface area contributed by atoms with Crippen LogP contribution in [0.25, 0.3) is 60.6 Å². The van der Waals surface area contributed by atoms with Crippen LogP contribution in [0.3, 0.4) is 0 Å². The summed E-state index contributed by atoms with van der Waals surface area (Å²) in [6.45, 7) is 6.48. The second kappa shape index (κ2) is 11.0. The first-order valence-corrected chi connectivity index (χ1v) is 16.5. The number of hydrogen-bond acceptors (Lipinski definition) is 2. The van der Waals surface area contributed by atoms with Crippen molar-refractivity contribution >= 4 is 60.8 Å². The van der Waals surface area contributed by atoms with E-state index in [4.69, 9.17) is 4.42 Å². The second-order valence-corrected chi connectivity index (χ2v) is 12.9. The molecule has 2 heterocycles. The van der Waals surface area contributed by atoms with E-state index < -0.39 is 0 Å². The smallest absolute Gasteiger partial charge is 0.135 e. The van der Waals surface area contributed by atoms with E-state index in [-0.39, 0.29) is 0 Å². The molecule has 7 aromatic carbocycles. The molecule has 0 unspecified atom stereocenters. The summed E-state index contributed by atoms with van der Waals surface area (Å²) < 4.78 is 8.64. The van der Waals surface area contributed by atoms with Gasteiger partial charge in [-0.25, -0.2) is 0 Å². The summed E-state index contributed by atoms with van der Waals surface area (Å²) >= 11 is 0. The first-order chi connectivity index (χ1) is 23.5. The zero-order valence-corrected chi connectivity index (χ0v) is 27.2. The molecule has 0 aliphatic rings. The molecule has 0 fully saturated rings. The Morgan fingerprint density at radius 2 is 1.06 bits per heavy atom. The maximum atomic E-state index is 6.19. The first kappa shape index (κ1) is 28.2. The van der Waals surface area contributed by atoms with Crippen LogP contribution in [0.5, 0.6) is 0 Å². The molecular formula is C45H34N2O. The molecule has 230 valence electrons. The Morgan fingerprint density at radius 1 is 0.438 bits per heavy atom. The van der Waals surface area contributed by atoms with Gasteiger partial charge in [0.25, 0.3) is 0 Å². The van der Waals surface area contributed by atoms with Crippen molar-refractivity contribution in [2.24, 2.45) is 0 Å². The van der Waals surface area contributed by atoms with Crippen LogP contribution in [0.4, 0.5) is 17.1 Å². The number of nitrogens with zero attached hydrogens (tertiary/aromatic N) is 2. The molecule has 0 aliphatic carbocycles. The van der Waals surface area contributed by atoms with Crippen LogP contribution in [-0.2, 0) is 0 Å². The lowest BCUT2D eigenvalue weighted by molar-refractivity contribution is 0.669. The first-order valence-electron chi connectivity index (χ1n) is 16.5. The standard InChI is InChI=1S/C45H34N2O/c1-29-15-19-33(20-16-29)46(35-21-24-45-40(28-35)39-12-5-7-14-44(39)48-45)34-10-8-9-32(27-34)36-11-4-6-13-41(36)47-42-25-30(2)17-22-37(42)38-23-18-31(3)26-43(38)47/h4-28H,1-3H3. The molecule has 2 aromatic heterocycles. The molecule has 0 spiro atoms.